The lowest BCUT2D eigenvalue weighted by atomic mass is 10.1. The molecule has 1 fully saturated rings. The Balaban J connectivity index is 1.59. The largest absolute Gasteiger partial charge is 0.338 e. The predicted molar refractivity (Wildman–Crippen MR) is 94.6 cm³/mol. The van der Waals surface area contributed by atoms with Crippen molar-refractivity contribution in [2.75, 3.05) is 6.54 Å². The average molecular weight is 337 g/mol. The van der Waals surface area contributed by atoms with E-state index in [1.165, 1.54) is 12.1 Å². The van der Waals surface area contributed by atoms with Crippen molar-refractivity contribution in [1.29, 1.82) is 0 Å². The average Bonchev–Trinajstić information content (AvgIpc) is 3.17. The number of imidazole rings is 1. The van der Waals surface area contributed by atoms with Crippen LogP contribution in [0.3, 0.4) is 0 Å². The predicted octanol–water partition coefficient (Wildman–Crippen LogP) is 3.71. The SMILES string of the molecule is CCn1c(C2CC(=O)N(Cc3ccc(F)cc3)C2)nc2ccccc21. The third kappa shape index (κ3) is 2.90. The van der Waals surface area contributed by atoms with Crippen molar-refractivity contribution < 1.29 is 9.18 Å². The minimum atomic E-state index is -0.258. The van der Waals surface area contributed by atoms with E-state index in [0.717, 1.165) is 29.0 Å². The lowest BCUT2D eigenvalue weighted by molar-refractivity contribution is -0.128. The van der Waals surface area contributed by atoms with Crippen LogP contribution < -0.4 is 0 Å². The Morgan fingerprint density at radius 1 is 1.16 bits per heavy atom. The van der Waals surface area contributed by atoms with Gasteiger partial charge in [0.25, 0.3) is 0 Å². The van der Waals surface area contributed by atoms with Crippen molar-refractivity contribution >= 4 is 16.9 Å². The van der Waals surface area contributed by atoms with Crippen molar-refractivity contribution in [2.45, 2.75) is 32.4 Å². The highest BCUT2D eigenvalue weighted by Crippen LogP contribution is 2.31. The molecule has 1 aliphatic rings. The van der Waals surface area contributed by atoms with Crippen molar-refractivity contribution in [2.24, 2.45) is 0 Å². The van der Waals surface area contributed by atoms with E-state index in [2.05, 4.69) is 17.6 Å². The molecule has 2 heterocycles. The molecule has 0 saturated carbocycles. The summed E-state index contributed by atoms with van der Waals surface area (Å²) in [5.74, 6) is 0.953. The van der Waals surface area contributed by atoms with Crippen molar-refractivity contribution in [1.82, 2.24) is 14.5 Å². The molecule has 3 aromatic rings. The van der Waals surface area contributed by atoms with Crippen molar-refractivity contribution in [3.05, 3.63) is 65.7 Å². The molecule has 1 atom stereocenters. The first-order chi connectivity index (χ1) is 12.2. The fraction of sp³-hybridized carbons (Fsp3) is 0.300. The Labute approximate surface area is 145 Å². The number of carbonyl (C=O) groups excluding carboxylic acids is 1. The Morgan fingerprint density at radius 2 is 1.92 bits per heavy atom. The molecule has 0 radical (unpaired) electrons. The number of fused-ring (bicyclic) bond motifs is 1. The Bertz CT molecular complexity index is 916. The summed E-state index contributed by atoms with van der Waals surface area (Å²) >= 11 is 0. The normalized spacial score (nSPS) is 17.6. The summed E-state index contributed by atoms with van der Waals surface area (Å²) in [6, 6.07) is 14.4. The second-order valence-electron chi connectivity index (χ2n) is 6.50. The van der Waals surface area contributed by atoms with Gasteiger partial charge in [-0.1, -0.05) is 24.3 Å². The molecule has 25 heavy (non-hydrogen) atoms. The maximum absolute atomic E-state index is 13.1. The van der Waals surface area contributed by atoms with E-state index in [9.17, 15) is 9.18 Å². The van der Waals surface area contributed by atoms with Crippen LogP contribution >= 0.6 is 0 Å². The highest BCUT2D eigenvalue weighted by Gasteiger charge is 2.33. The maximum Gasteiger partial charge on any atom is 0.223 e. The monoisotopic (exact) mass is 337 g/mol. The summed E-state index contributed by atoms with van der Waals surface area (Å²) in [7, 11) is 0. The zero-order valence-electron chi connectivity index (χ0n) is 14.2. The third-order valence-electron chi connectivity index (χ3n) is 4.87. The van der Waals surface area contributed by atoms with Gasteiger partial charge >= 0.3 is 0 Å². The van der Waals surface area contributed by atoms with Gasteiger partial charge in [-0.3, -0.25) is 4.79 Å². The van der Waals surface area contributed by atoms with Crippen LogP contribution in [-0.2, 0) is 17.9 Å². The number of aromatic nitrogens is 2. The van der Waals surface area contributed by atoms with Gasteiger partial charge in [0.2, 0.25) is 5.91 Å². The molecule has 4 nitrogen and oxygen atoms in total. The first kappa shape index (κ1) is 15.8. The zero-order valence-corrected chi connectivity index (χ0v) is 14.2. The number of hydrogen-bond acceptors (Lipinski definition) is 2. The molecule has 4 rings (SSSR count). The molecule has 1 aromatic heterocycles. The first-order valence-electron chi connectivity index (χ1n) is 8.63. The van der Waals surface area contributed by atoms with Crippen LogP contribution in [0.4, 0.5) is 4.39 Å². The van der Waals surface area contributed by atoms with Crippen LogP contribution in [0.25, 0.3) is 11.0 Å². The number of rotatable bonds is 4. The van der Waals surface area contributed by atoms with Gasteiger partial charge < -0.3 is 9.47 Å². The number of nitrogens with zero attached hydrogens (tertiary/aromatic N) is 3. The van der Waals surface area contributed by atoms with E-state index in [4.69, 9.17) is 4.98 Å². The minimum Gasteiger partial charge on any atom is -0.338 e. The van der Waals surface area contributed by atoms with Gasteiger partial charge in [-0.2, -0.15) is 0 Å². The van der Waals surface area contributed by atoms with Gasteiger partial charge in [0, 0.05) is 32.0 Å². The molecule has 1 saturated heterocycles. The van der Waals surface area contributed by atoms with Crippen molar-refractivity contribution in [3.63, 3.8) is 0 Å². The van der Waals surface area contributed by atoms with Crippen LogP contribution in [-0.4, -0.2) is 26.9 Å². The van der Waals surface area contributed by atoms with Gasteiger partial charge in [-0.05, 0) is 36.8 Å². The molecular formula is C20H20FN3O. The molecular weight excluding hydrogens is 317 g/mol. The third-order valence-corrected chi connectivity index (χ3v) is 4.87. The minimum absolute atomic E-state index is 0.0975. The Hall–Kier alpha value is -2.69. The Kier molecular flexibility index (Phi) is 3.99. The van der Waals surface area contributed by atoms with Crippen molar-refractivity contribution in [3.8, 4) is 0 Å². The van der Waals surface area contributed by atoms with E-state index in [0.29, 0.717) is 19.5 Å². The quantitative estimate of drug-likeness (QED) is 0.728. The molecule has 5 heteroatoms. The molecule has 0 N–H and O–H groups in total. The number of benzene rings is 2. The van der Waals surface area contributed by atoms with E-state index < -0.39 is 0 Å². The number of amides is 1. The summed E-state index contributed by atoms with van der Waals surface area (Å²) in [4.78, 5) is 19.1. The van der Waals surface area contributed by atoms with E-state index in [-0.39, 0.29) is 17.6 Å². The Morgan fingerprint density at radius 3 is 2.68 bits per heavy atom. The van der Waals surface area contributed by atoms with E-state index >= 15 is 0 Å². The van der Waals surface area contributed by atoms with Gasteiger partial charge in [-0.25, -0.2) is 9.37 Å². The van der Waals surface area contributed by atoms with Crippen LogP contribution in [0.1, 0.15) is 30.7 Å². The molecule has 1 unspecified atom stereocenters. The maximum atomic E-state index is 13.1. The summed E-state index contributed by atoms with van der Waals surface area (Å²) in [6.07, 6.45) is 0.477. The standard InChI is InChI=1S/C20H20FN3O/c1-2-24-18-6-4-3-5-17(18)22-20(24)15-11-19(25)23(13-15)12-14-7-9-16(21)10-8-14/h3-10,15H,2,11-13H2,1H3. The number of aryl methyl sites for hydroxylation is 1. The first-order valence-corrected chi connectivity index (χ1v) is 8.63. The number of carbonyl (C=O) groups is 1. The summed E-state index contributed by atoms with van der Waals surface area (Å²) < 4.78 is 15.3. The highest BCUT2D eigenvalue weighted by atomic mass is 19.1. The van der Waals surface area contributed by atoms with E-state index in [1.807, 2.05) is 23.1 Å². The van der Waals surface area contributed by atoms with Crippen LogP contribution in [0.15, 0.2) is 48.5 Å². The van der Waals surface area contributed by atoms with Gasteiger partial charge in [0.1, 0.15) is 11.6 Å². The molecule has 1 amide bonds. The fourth-order valence-electron chi connectivity index (χ4n) is 3.65. The van der Waals surface area contributed by atoms with Crippen LogP contribution in [0, 0.1) is 5.82 Å². The number of halogens is 1. The number of para-hydroxylation sites is 2. The smallest absolute Gasteiger partial charge is 0.223 e. The molecule has 0 bridgehead atoms. The van der Waals surface area contributed by atoms with Crippen LogP contribution in [0.5, 0.6) is 0 Å². The molecule has 0 spiro atoms. The topological polar surface area (TPSA) is 38.1 Å². The molecule has 128 valence electrons. The van der Waals surface area contributed by atoms with Gasteiger partial charge in [-0.15, -0.1) is 0 Å². The summed E-state index contributed by atoms with van der Waals surface area (Å²) in [5.41, 5.74) is 3.03. The lowest BCUT2D eigenvalue weighted by Crippen LogP contribution is -2.24. The lowest BCUT2D eigenvalue weighted by Gasteiger charge is -2.17. The van der Waals surface area contributed by atoms with E-state index in [1.54, 1.807) is 12.1 Å². The summed E-state index contributed by atoms with van der Waals surface area (Å²) in [6.45, 7) is 4.10. The fourth-order valence-corrected chi connectivity index (χ4v) is 3.65. The zero-order chi connectivity index (χ0) is 17.4. The highest BCUT2D eigenvalue weighted by molar-refractivity contribution is 5.81. The molecule has 0 aliphatic carbocycles. The number of likely N-dealkylation sites (tertiary alicyclic amines) is 1. The second kappa shape index (κ2) is 6.31. The second-order valence-corrected chi connectivity index (χ2v) is 6.50. The summed E-state index contributed by atoms with van der Waals surface area (Å²) in [5, 5.41) is 0. The molecule has 1 aliphatic heterocycles. The number of hydrogen-bond donors (Lipinski definition) is 0. The van der Waals surface area contributed by atoms with Gasteiger partial charge in [0.15, 0.2) is 0 Å². The van der Waals surface area contributed by atoms with Crippen LogP contribution in [0.2, 0.25) is 0 Å². The van der Waals surface area contributed by atoms with Gasteiger partial charge in [0.05, 0.1) is 11.0 Å². The molecule has 2 aromatic carbocycles.